The number of hydrogen-bond donors (Lipinski definition) is 1. The van der Waals surface area contributed by atoms with E-state index in [0.29, 0.717) is 0 Å². The minimum absolute atomic E-state index is 0.0273. The maximum absolute atomic E-state index is 12.2. The first-order chi connectivity index (χ1) is 9.70. The molecule has 2 aromatic heterocycles. The fourth-order valence-corrected chi connectivity index (χ4v) is 2.01. The zero-order valence-corrected chi connectivity index (χ0v) is 13.2. The van der Waals surface area contributed by atoms with E-state index >= 15 is 0 Å². The van der Waals surface area contributed by atoms with Crippen molar-refractivity contribution >= 4 is 6.03 Å². The maximum atomic E-state index is 12.2. The Morgan fingerprint density at radius 3 is 2.48 bits per heavy atom. The van der Waals surface area contributed by atoms with E-state index in [1.807, 2.05) is 26.0 Å². The average molecular weight is 286 g/mol. The van der Waals surface area contributed by atoms with E-state index in [4.69, 9.17) is 0 Å². The molecule has 2 rings (SSSR count). The molecular formula is C16H22N4O. The molecule has 0 bridgehead atoms. The molecule has 0 saturated carbocycles. The zero-order chi connectivity index (χ0) is 15.7. The van der Waals surface area contributed by atoms with Crippen LogP contribution in [0.3, 0.4) is 0 Å². The van der Waals surface area contributed by atoms with Gasteiger partial charge in [-0.3, -0.25) is 9.55 Å². The second-order valence-corrected chi connectivity index (χ2v) is 6.70. The van der Waals surface area contributed by atoms with E-state index in [2.05, 4.69) is 36.1 Å². The second kappa shape index (κ2) is 5.31. The van der Waals surface area contributed by atoms with Gasteiger partial charge in [-0.05, 0) is 31.5 Å². The summed E-state index contributed by atoms with van der Waals surface area (Å²) in [6.07, 6.45) is 6.48. The number of aromatic nitrogens is 3. The Balaban J connectivity index is 2.25. The lowest BCUT2D eigenvalue weighted by Gasteiger charge is -2.28. The van der Waals surface area contributed by atoms with Crippen molar-refractivity contribution in [1.82, 2.24) is 19.9 Å². The smallest absolute Gasteiger partial charge is 0.327 e. The van der Waals surface area contributed by atoms with Crippen molar-refractivity contribution in [3.05, 3.63) is 48.3 Å². The van der Waals surface area contributed by atoms with Gasteiger partial charge in [-0.1, -0.05) is 20.8 Å². The van der Waals surface area contributed by atoms with Gasteiger partial charge in [-0.2, -0.15) is 0 Å². The van der Waals surface area contributed by atoms with Crippen molar-refractivity contribution in [3.8, 4) is 0 Å². The van der Waals surface area contributed by atoms with E-state index in [-0.39, 0.29) is 11.4 Å². The van der Waals surface area contributed by atoms with Gasteiger partial charge in [0.2, 0.25) is 0 Å². The van der Waals surface area contributed by atoms with E-state index in [9.17, 15) is 4.79 Å². The minimum atomic E-state index is -0.496. The number of nitrogens with one attached hydrogen (secondary N) is 1. The molecule has 0 fully saturated rings. The summed E-state index contributed by atoms with van der Waals surface area (Å²) < 4.78 is 1.42. The number of carbonyl (C=O) groups excluding carboxylic acids is 1. The zero-order valence-electron chi connectivity index (χ0n) is 13.2. The number of pyridine rings is 1. The van der Waals surface area contributed by atoms with Gasteiger partial charge in [0, 0.05) is 29.7 Å². The summed E-state index contributed by atoms with van der Waals surface area (Å²) in [4.78, 5) is 20.5. The van der Waals surface area contributed by atoms with Crippen LogP contribution in [0.15, 0.2) is 37.1 Å². The van der Waals surface area contributed by atoms with Crippen LogP contribution < -0.4 is 5.32 Å². The third-order valence-electron chi connectivity index (χ3n) is 3.41. The van der Waals surface area contributed by atoms with Crippen LogP contribution in [0.5, 0.6) is 0 Å². The Morgan fingerprint density at radius 1 is 1.19 bits per heavy atom. The quantitative estimate of drug-likeness (QED) is 0.923. The largest absolute Gasteiger partial charge is 0.328 e. The Labute approximate surface area is 125 Å². The molecular weight excluding hydrogens is 264 g/mol. The molecule has 1 amide bonds. The van der Waals surface area contributed by atoms with Gasteiger partial charge in [0.15, 0.2) is 0 Å². The molecule has 21 heavy (non-hydrogen) atoms. The van der Waals surface area contributed by atoms with Crippen LogP contribution in [0.1, 0.15) is 45.9 Å². The van der Waals surface area contributed by atoms with Gasteiger partial charge in [0.25, 0.3) is 0 Å². The summed E-state index contributed by atoms with van der Waals surface area (Å²) in [5.41, 5.74) is 1.51. The van der Waals surface area contributed by atoms with Crippen molar-refractivity contribution in [1.29, 1.82) is 0 Å². The van der Waals surface area contributed by atoms with Gasteiger partial charge in [0.1, 0.15) is 6.33 Å². The minimum Gasteiger partial charge on any atom is -0.328 e. The highest BCUT2D eigenvalue weighted by Gasteiger charge is 2.25. The SMILES string of the molecule is CC(C)(C)c1cc(C(C)(C)NC(=O)n2ccnc2)ccn1. The van der Waals surface area contributed by atoms with Gasteiger partial charge in [-0.15, -0.1) is 0 Å². The van der Waals surface area contributed by atoms with Crippen LogP contribution in [0.2, 0.25) is 0 Å². The molecule has 0 aromatic carbocycles. The van der Waals surface area contributed by atoms with Crippen LogP contribution in [-0.4, -0.2) is 20.6 Å². The predicted molar refractivity (Wildman–Crippen MR) is 82.1 cm³/mol. The lowest BCUT2D eigenvalue weighted by molar-refractivity contribution is 0.231. The number of hydrogen-bond acceptors (Lipinski definition) is 3. The van der Waals surface area contributed by atoms with E-state index in [1.54, 1.807) is 18.6 Å². The third-order valence-corrected chi connectivity index (χ3v) is 3.41. The van der Waals surface area contributed by atoms with E-state index < -0.39 is 5.54 Å². The fourth-order valence-electron chi connectivity index (χ4n) is 2.01. The lowest BCUT2D eigenvalue weighted by Crippen LogP contribution is -2.43. The molecule has 0 radical (unpaired) electrons. The molecule has 0 aliphatic rings. The molecule has 0 aliphatic carbocycles. The third kappa shape index (κ3) is 3.48. The van der Waals surface area contributed by atoms with Crippen molar-refractivity contribution in [2.45, 2.75) is 45.6 Å². The number of amides is 1. The molecule has 0 spiro atoms. The summed E-state index contributed by atoms with van der Waals surface area (Å²) >= 11 is 0. The predicted octanol–water partition coefficient (Wildman–Crippen LogP) is 3.07. The number of rotatable bonds is 2. The highest BCUT2D eigenvalue weighted by atomic mass is 16.2. The van der Waals surface area contributed by atoms with E-state index in [1.165, 1.54) is 10.9 Å². The molecule has 0 unspecified atom stereocenters. The standard InChI is InChI=1S/C16H22N4O/c1-15(2,3)13-10-12(6-7-18-13)16(4,5)19-14(21)20-9-8-17-11-20/h6-11H,1-5H3,(H,19,21). The Kier molecular flexibility index (Phi) is 3.85. The summed E-state index contributed by atoms with van der Waals surface area (Å²) in [6.45, 7) is 10.3. The van der Waals surface area contributed by atoms with Crippen LogP contribution in [0, 0.1) is 0 Å². The Hall–Kier alpha value is -2.17. The summed E-state index contributed by atoms with van der Waals surface area (Å²) in [7, 11) is 0. The highest BCUT2D eigenvalue weighted by Crippen LogP contribution is 2.25. The Morgan fingerprint density at radius 2 is 1.90 bits per heavy atom. The molecule has 112 valence electrons. The van der Waals surface area contributed by atoms with E-state index in [0.717, 1.165) is 11.3 Å². The highest BCUT2D eigenvalue weighted by molar-refractivity contribution is 5.77. The van der Waals surface area contributed by atoms with Crippen molar-refractivity contribution in [3.63, 3.8) is 0 Å². The van der Waals surface area contributed by atoms with Crippen LogP contribution in [0.25, 0.3) is 0 Å². The summed E-state index contributed by atoms with van der Waals surface area (Å²) in [5, 5.41) is 3.01. The molecule has 5 heteroatoms. The fraction of sp³-hybridized carbons (Fsp3) is 0.438. The first-order valence-corrected chi connectivity index (χ1v) is 6.98. The summed E-state index contributed by atoms with van der Waals surface area (Å²) in [6, 6.07) is 3.78. The second-order valence-electron chi connectivity index (χ2n) is 6.70. The molecule has 0 saturated heterocycles. The molecule has 5 nitrogen and oxygen atoms in total. The van der Waals surface area contributed by atoms with Crippen molar-refractivity contribution in [2.24, 2.45) is 0 Å². The first kappa shape index (κ1) is 15.2. The monoisotopic (exact) mass is 286 g/mol. The van der Waals surface area contributed by atoms with Gasteiger partial charge in [0.05, 0.1) is 5.54 Å². The van der Waals surface area contributed by atoms with Crippen LogP contribution in [0.4, 0.5) is 4.79 Å². The van der Waals surface area contributed by atoms with Crippen molar-refractivity contribution in [2.75, 3.05) is 0 Å². The Bertz CT molecular complexity index is 624. The normalized spacial score (nSPS) is 12.2. The number of carbonyl (C=O) groups is 1. The van der Waals surface area contributed by atoms with Crippen LogP contribution >= 0.6 is 0 Å². The number of imidazole rings is 1. The maximum Gasteiger partial charge on any atom is 0.327 e. The lowest BCUT2D eigenvalue weighted by atomic mass is 9.87. The summed E-state index contributed by atoms with van der Waals surface area (Å²) in [5.74, 6) is 0. The topological polar surface area (TPSA) is 59.8 Å². The van der Waals surface area contributed by atoms with Gasteiger partial charge >= 0.3 is 6.03 Å². The molecule has 1 N–H and O–H groups in total. The molecule has 0 atom stereocenters. The molecule has 2 aromatic rings. The first-order valence-electron chi connectivity index (χ1n) is 6.98. The number of nitrogens with zero attached hydrogens (tertiary/aromatic N) is 3. The van der Waals surface area contributed by atoms with Crippen LogP contribution in [-0.2, 0) is 11.0 Å². The van der Waals surface area contributed by atoms with Gasteiger partial charge in [-0.25, -0.2) is 9.78 Å². The van der Waals surface area contributed by atoms with Crippen molar-refractivity contribution < 1.29 is 4.79 Å². The molecule has 2 heterocycles. The average Bonchev–Trinajstić information content (AvgIpc) is 2.91. The molecule has 0 aliphatic heterocycles. The van der Waals surface area contributed by atoms with Gasteiger partial charge < -0.3 is 5.32 Å².